The molecule has 1 aromatic heterocycles. The quantitative estimate of drug-likeness (QED) is 0.768. The number of aryl methyl sites for hydroxylation is 1. The van der Waals surface area contributed by atoms with Gasteiger partial charge >= 0.3 is 6.09 Å². The van der Waals surface area contributed by atoms with Gasteiger partial charge in [0.05, 0.1) is 12.0 Å². The Balaban J connectivity index is 1.63. The summed E-state index contributed by atoms with van der Waals surface area (Å²) in [5, 5.41) is 2.78. The fraction of sp³-hybridized carbons (Fsp3) is 0.739. The zero-order chi connectivity index (χ0) is 23.8. The number of alkyl carbamates (subject to hydrolysis) is 1. The van der Waals surface area contributed by atoms with Crippen LogP contribution in [-0.2, 0) is 16.1 Å². The van der Waals surface area contributed by atoms with E-state index in [9.17, 15) is 14.4 Å². The number of nitrogens with one attached hydrogen (secondary N) is 1. The van der Waals surface area contributed by atoms with Gasteiger partial charge in [0.2, 0.25) is 5.91 Å². The molecule has 178 valence electrons. The molecule has 0 aromatic carbocycles. The van der Waals surface area contributed by atoms with Gasteiger partial charge < -0.3 is 24.4 Å². The molecule has 9 nitrogen and oxygen atoms in total. The molecule has 1 fully saturated rings. The third kappa shape index (κ3) is 5.24. The number of hydrogen-bond acceptors (Lipinski definition) is 5. The Morgan fingerprint density at radius 1 is 1.09 bits per heavy atom. The number of aromatic nitrogens is 2. The van der Waals surface area contributed by atoms with Gasteiger partial charge in [0.25, 0.3) is 5.91 Å². The first-order valence-corrected chi connectivity index (χ1v) is 11.4. The van der Waals surface area contributed by atoms with Crippen LogP contribution in [0.2, 0.25) is 0 Å². The number of nitrogens with zero attached hydrogens (tertiary/aromatic N) is 4. The number of carbonyl (C=O) groups excluding carboxylic acids is 3. The number of carbonyl (C=O) groups is 3. The lowest BCUT2D eigenvalue weighted by molar-refractivity contribution is -0.137. The normalized spacial score (nSPS) is 18.9. The SMILES string of the molecule is Cc1ncn2c1C(=O)N(C1CCN(C(=O)[C@H](NC(=O)OC(C)(C)C)C(C)(C)C)CC1)CC2. The molecule has 1 aromatic rings. The van der Waals surface area contributed by atoms with Gasteiger partial charge in [-0.1, -0.05) is 20.8 Å². The summed E-state index contributed by atoms with van der Waals surface area (Å²) in [5.41, 5.74) is 0.323. The van der Waals surface area contributed by atoms with Gasteiger partial charge in [0, 0.05) is 32.2 Å². The fourth-order valence-corrected chi connectivity index (χ4v) is 4.39. The van der Waals surface area contributed by atoms with Crippen LogP contribution in [0.4, 0.5) is 4.79 Å². The van der Waals surface area contributed by atoms with Crippen LogP contribution in [0, 0.1) is 12.3 Å². The van der Waals surface area contributed by atoms with Crippen molar-refractivity contribution >= 4 is 17.9 Å². The van der Waals surface area contributed by atoms with Crippen LogP contribution in [0.3, 0.4) is 0 Å². The number of rotatable bonds is 3. The van der Waals surface area contributed by atoms with Crippen molar-refractivity contribution in [2.75, 3.05) is 19.6 Å². The van der Waals surface area contributed by atoms with E-state index < -0.39 is 23.2 Å². The molecule has 3 heterocycles. The summed E-state index contributed by atoms with van der Waals surface area (Å²) in [7, 11) is 0. The molecule has 0 bridgehead atoms. The summed E-state index contributed by atoms with van der Waals surface area (Å²) in [6.45, 7) is 15.5. The van der Waals surface area contributed by atoms with Crippen molar-refractivity contribution in [1.82, 2.24) is 24.7 Å². The number of amides is 3. The fourth-order valence-electron chi connectivity index (χ4n) is 4.39. The highest BCUT2D eigenvalue weighted by molar-refractivity contribution is 5.94. The molecule has 3 rings (SSSR count). The standard InChI is InChI=1S/C23H37N5O4/c1-15-17-19(29)28(13-12-27(17)14-24-15)16-8-10-26(11-9-16)20(30)18(22(2,3)4)25-21(31)32-23(5,6)7/h14,16,18H,8-13H2,1-7H3,(H,25,31)/t18-/m0/s1. The van der Waals surface area contributed by atoms with Crippen LogP contribution < -0.4 is 5.32 Å². The lowest BCUT2D eigenvalue weighted by Crippen LogP contribution is -2.58. The molecular formula is C23H37N5O4. The van der Waals surface area contributed by atoms with E-state index in [1.807, 2.05) is 37.2 Å². The average Bonchev–Trinajstić information content (AvgIpc) is 3.05. The monoisotopic (exact) mass is 447 g/mol. The molecule has 1 atom stereocenters. The van der Waals surface area contributed by atoms with Crippen molar-refractivity contribution in [2.24, 2.45) is 5.41 Å². The van der Waals surface area contributed by atoms with Crippen molar-refractivity contribution in [1.29, 1.82) is 0 Å². The number of fused-ring (bicyclic) bond motifs is 1. The van der Waals surface area contributed by atoms with Crippen LogP contribution in [-0.4, -0.2) is 74.6 Å². The van der Waals surface area contributed by atoms with Crippen LogP contribution >= 0.6 is 0 Å². The molecule has 1 saturated heterocycles. The molecule has 2 aliphatic heterocycles. The molecular weight excluding hydrogens is 410 g/mol. The van der Waals surface area contributed by atoms with Crippen LogP contribution in [0.25, 0.3) is 0 Å². The van der Waals surface area contributed by atoms with Crippen LogP contribution in [0.5, 0.6) is 0 Å². The predicted molar refractivity (Wildman–Crippen MR) is 120 cm³/mol. The number of imidazole rings is 1. The second-order valence-corrected chi connectivity index (χ2v) is 10.9. The first-order valence-electron chi connectivity index (χ1n) is 11.4. The van der Waals surface area contributed by atoms with E-state index in [1.54, 1.807) is 32.0 Å². The zero-order valence-electron chi connectivity index (χ0n) is 20.4. The first-order chi connectivity index (χ1) is 14.8. The largest absolute Gasteiger partial charge is 0.444 e. The third-order valence-electron chi connectivity index (χ3n) is 6.06. The number of ether oxygens (including phenoxy) is 1. The Labute approximate surface area is 190 Å². The van der Waals surface area contributed by atoms with Gasteiger partial charge in [-0.15, -0.1) is 0 Å². The summed E-state index contributed by atoms with van der Waals surface area (Å²) in [4.78, 5) is 46.7. The Morgan fingerprint density at radius 3 is 2.28 bits per heavy atom. The topological polar surface area (TPSA) is 96.8 Å². The van der Waals surface area contributed by atoms with Gasteiger partial charge in [-0.25, -0.2) is 9.78 Å². The van der Waals surface area contributed by atoms with Crippen molar-refractivity contribution < 1.29 is 19.1 Å². The lowest BCUT2D eigenvalue weighted by atomic mass is 9.85. The molecule has 0 saturated carbocycles. The van der Waals surface area contributed by atoms with Gasteiger partial charge in [0.1, 0.15) is 17.3 Å². The van der Waals surface area contributed by atoms with E-state index in [2.05, 4.69) is 10.3 Å². The summed E-state index contributed by atoms with van der Waals surface area (Å²) < 4.78 is 7.29. The van der Waals surface area contributed by atoms with Gasteiger partial charge in [-0.05, 0) is 46.0 Å². The van der Waals surface area contributed by atoms with E-state index in [1.165, 1.54) is 0 Å². The first kappa shape index (κ1) is 24.1. The Morgan fingerprint density at radius 2 is 1.72 bits per heavy atom. The molecule has 0 radical (unpaired) electrons. The highest BCUT2D eigenvalue weighted by Gasteiger charge is 2.39. The summed E-state index contributed by atoms with van der Waals surface area (Å²) in [6.07, 6.45) is 2.57. The highest BCUT2D eigenvalue weighted by atomic mass is 16.6. The van der Waals surface area contributed by atoms with Crippen molar-refractivity contribution in [3.8, 4) is 0 Å². The predicted octanol–water partition coefficient (Wildman–Crippen LogP) is 2.58. The summed E-state index contributed by atoms with van der Waals surface area (Å²) in [5.74, 6) is -0.0871. The van der Waals surface area contributed by atoms with Crippen molar-refractivity contribution in [3.63, 3.8) is 0 Å². The van der Waals surface area contributed by atoms with Crippen molar-refractivity contribution in [3.05, 3.63) is 17.7 Å². The Hall–Kier alpha value is -2.58. The minimum Gasteiger partial charge on any atom is -0.444 e. The molecule has 1 N–H and O–H groups in total. The molecule has 2 aliphatic rings. The lowest BCUT2D eigenvalue weighted by Gasteiger charge is -2.42. The zero-order valence-corrected chi connectivity index (χ0v) is 20.4. The summed E-state index contributed by atoms with van der Waals surface area (Å²) in [6, 6.07) is -0.593. The second kappa shape index (κ2) is 8.75. The third-order valence-corrected chi connectivity index (χ3v) is 6.06. The number of likely N-dealkylation sites (tertiary alicyclic amines) is 1. The van der Waals surface area contributed by atoms with E-state index >= 15 is 0 Å². The van der Waals surface area contributed by atoms with E-state index in [4.69, 9.17) is 4.74 Å². The minimum atomic E-state index is -0.692. The van der Waals surface area contributed by atoms with E-state index in [0.717, 1.165) is 12.2 Å². The molecule has 32 heavy (non-hydrogen) atoms. The van der Waals surface area contributed by atoms with Crippen LogP contribution in [0.15, 0.2) is 6.33 Å². The molecule has 3 amide bonds. The highest BCUT2D eigenvalue weighted by Crippen LogP contribution is 2.26. The van der Waals surface area contributed by atoms with Crippen LogP contribution in [0.1, 0.15) is 70.6 Å². The van der Waals surface area contributed by atoms with Gasteiger partial charge in [0.15, 0.2) is 0 Å². The number of piperidine rings is 1. The second-order valence-electron chi connectivity index (χ2n) is 10.9. The molecule has 0 spiro atoms. The summed E-state index contributed by atoms with van der Waals surface area (Å²) >= 11 is 0. The Kier molecular flexibility index (Phi) is 6.58. The Bertz CT molecular complexity index is 872. The van der Waals surface area contributed by atoms with E-state index in [0.29, 0.717) is 38.2 Å². The maximum absolute atomic E-state index is 13.3. The van der Waals surface area contributed by atoms with Gasteiger partial charge in [-0.3, -0.25) is 9.59 Å². The number of hydrogen-bond donors (Lipinski definition) is 1. The van der Waals surface area contributed by atoms with Gasteiger partial charge in [-0.2, -0.15) is 0 Å². The van der Waals surface area contributed by atoms with E-state index in [-0.39, 0.29) is 17.9 Å². The maximum Gasteiger partial charge on any atom is 0.408 e. The average molecular weight is 448 g/mol. The molecule has 9 heteroatoms. The molecule has 0 unspecified atom stereocenters. The van der Waals surface area contributed by atoms with Crippen molar-refractivity contribution in [2.45, 2.75) is 85.5 Å². The molecule has 0 aliphatic carbocycles. The minimum absolute atomic E-state index is 0.0233. The maximum atomic E-state index is 13.3. The smallest absolute Gasteiger partial charge is 0.408 e.